The predicted octanol–water partition coefficient (Wildman–Crippen LogP) is 4.54. The van der Waals surface area contributed by atoms with Crippen LogP contribution in [-0.4, -0.2) is 15.9 Å². The van der Waals surface area contributed by atoms with Crippen molar-refractivity contribution in [2.75, 3.05) is 17.6 Å². The lowest BCUT2D eigenvalue weighted by atomic mass is 9.76. The van der Waals surface area contributed by atoms with Crippen molar-refractivity contribution in [1.29, 1.82) is 0 Å². The van der Waals surface area contributed by atoms with Gasteiger partial charge in [0.25, 0.3) is 0 Å². The fraction of sp³-hybridized carbons (Fsp3) is 0.600. The summed E-state index contributed by atoms with van der Waals surface area (Å²) in [5.74, 6) is 0.589. The largest absolute Gasteiger partial charge is 0.382 e. The lowest BCUT2D eigenvalue weighted by molar-refractivity contribution is 0.233. The first-order valence-electron chi connectivity index (χ1n) is 7.49. The second-order valence-electron chi connectivity index (χ2n) is 6.29. The summed E-state index contributed by atoms with van der Waals surface area (Å²) in [5, 5.41) is 7.68. The van der Waals surface area contributed by atoms with Crippen molar-refractivity contribution in [2.45, 2.75) is 46.0 Å². The molecular formula is C15H22N4S2. The van der Waals surface area contributed by atoms with Gasteiger partial charge in [-0.15, -0.1) is 11.3 Å². The van der Waals surface area contributed by atoms with Gasteiger partial charge in [0.2, 0.25) is 0 Å². The Bertz CT molecular complexity index is 611. The smallest absolute Gasteiger partial charge is 0.149 e. The molecule has 1 saturated carbocycles. The highest BCUT2D eigenvalue weighted by Crippen LogP contribution is 2.40. The molecule has 1 aliphatic carbocycles. The Labute approximate surface area is 134 Å². The first-order valence-corrected chi connectivity index (χ1v) is 9.14. The minimum Gasteiger partial charge on any atom is -0.382 e. The van der Waals surface area contributed by atoms with Crippen LogP contribution in [0, 0.1) is 12.3 Å². The van der Waals surface area contributed by atoms with Crippen molar-refractivity contribution in [1.82, 2.24) is 9.36 Å². The van der Waals surface area contributed by atoms with Crippen LogP contribution in [0.15, 0.2) is 5.38 Å². The third-order valence-electron chi connectivity index (χ3n) is 4.29. The van der Waals surface area contributed by atoms with E-state index in [9.17, 15) is 0 Å². The first kappa shape index (κ1) is 14.8. The number of thiazole rings is 1. The van der Waals surface area contributed by atoms with E-state index in [1.807, 2.05) is 6.92 Å². The minimum atomic E-state index is 0.396. The number of nitrogen functional groups attached to an aromatic ring is 1. The number of anilines is 2. The van der Waals surface area contributed by atoms with Crippen molar-refractivity contribution in [2.24, 2.45) is 5.41 Å². The summed E-state index contributed by atoms with van der Waals surface area (Å²) in [5.41, 5.74) is 8.46. The third-order valence-corrected chi connectivity index (χ3v) is 6.08. The number of aromatic nitrogens is 2. The Hall–Kier alpha value is -1.14. The van der Waals surface area contributed by atoms with E-state index in [4.69, 9.17) is 5.73 Å². The van der Waals surface area contributed by atoms with E-state index in [2.05, 4.69) is 27.0 Å². The van der Waals surface area contributed by atoms with Gasteiger partial charge in [0.15, 0.2) is 0 Å². The van der Waals surface area contributed by atoms with Gasteiger partial charge in [0, 0.05) is 17.6 Å². The van der Waals surface area contributed by atoms with Crippen molar-refractivity contribution < 1.29 is 0 Å². The molecule has 0 saturated heterocycles. The summed E-state index contributed by atoms with van der Waals surface area (Å²) in [6, 6.07) is 0. The maximum absolute atomic E-state index is 6.05. The molecule has 2 aromatic rings. The van der Waals surface area contributed by atoms with Gasteiger partial charge in [-0.1, -0.05) is 26.2 Å². The van der Waals surface area contributed by atoms with Gasteiger partial charge in [-0.05, 0) is 36.7 Å². The number of aryl methyl sites for hydroxylation is 1. The average Bonchev–Trinajstić information content (AvgIpc) is 3.03. The summed E-state index contributed by atoms with van der Waals surface area (Å²) in [4.78, 5) is 4.55. The van der Waals surface area contributed by atoms with Crippen LogP contribution < -0.4 is 11.1 Å². The number of hydrogen-bond donors (Lipinski definition) is 2. The van der Waals surface area contributed by atoms with E-state index in [1.54, 1.807) is 11.3 Å². The van der Waals surface area contributed by atoms with Crippen molar-refractivity contribution in [3.63, 3.8) is 0 Å². The SMILES string of the molecule is Cc1csc(-c2c(N)nsc2NCC2(C)CCCCC2)n1. The molecule has 21 heavy (non-hydrogen) atoms. The van der Waals surface area contributed by atoms with Crippen LogP contribution in [0.4, 0.5) is 10.8 Å². The van der Waals surface area contributed by atoms with Crippen molar-refractivity contribution in [3.8, 4) is 10.6 Å². The zero-order chi connectivity index (χ0) is 14.9. The maximum atomic E-state index is 6.05. The molecule has 1 fully saturated rings. The van der Waals surface area contributed by atoms with E-state index < -0.39 is 0 Å². The topological polar surface area (TPSA) is 63.8 Å². The highest BCUT2D eigenvalue weighted by Gasteiger charge is 2.27. The maximum Gasteiger partial charge on any atom is 0.149 e. The number of nitrogens with zero attached hydrogens (tertiary/aromatic N) is 2. The molecule has 1 aliphatic rings. The number of nitrogens with one attached hydrogen (secondary N) is 1. The van der Waals surface area contributed by atoms with Crippen LogP contribution >= 0.6 is 22.9 Å². The van der Waals surface area contributed by atoms with Gasteiger partial charge < -0.3 is 11.1 Å². The van der Waals surface area contributed by atoms with E-state index in [0.717, 1.165) is 27.8 Å². The van der Waals surface area contributed by atoms with E-state index >= 15 is 0 Å². The Morgan fingerprint density at radius 2 is 2.10 bits per heavy atom. The molecule has 2 heterocycles. The number of hydrogen-bond acceptors (Lipinski definition) is 6. The van der Waals surface area contributed by atoms with E-state index in [0.29, 0.717) is 11.2 Å². The molecule has 6 heteroatoms. The summed E-state index contributed by atoms with van der Waals surface area (Å²) >= 11 is 3.08. The highest BCUT2D eigenvalue weighted by atomic mass is 32.1. The second kappa shape index (κ2) is 5.93. The van der Waals surface area contributed by atoms with E-state index in [1.165, 1.54) is 43.6 Å². The molecule has 0 radical (unpaired) electrons. The normalized spacial score (nSPS) is 17.8. The number of rotatable bonds is 4. The lowest BCUT2D eigenvalue weighted by Gasteiger charge is -2.33. The summed E-state index contributed by atoms with van der Waals surface area (Å²) < 4.78 is 4.31. The fourth-order valence-corrected chi connectivity index (χ4v) is 4.61. The van der Waals surface area contributed by atoms with E-state index in [-0.39, 0.29) is 0 Å². The van der Waals surface area contributed by atoms with Crippen LogP contribution in [0.2, 0.25) is 0 Å². The molecule has 3 N–H and O–H groups in total. The van der Waals surface area contributed by atoms with Gasteiger partial charge in [-0.3, -0.25) is 0 Å². The fourth-order valence-electron chi connectivity index (χ4n) is 2.97. The average molecular weight is 323 g/mol. The quantitative estimate of drug-likeness (QED) is 0.867. The third kappa shape index (κ3) is 3.21. The summed E-state index contributed by atoms with van der Waals surface area (Å²) in [6.07, 6.45) is 6.69. The summed E-state index contributed by atoms with van der Waals surface area (Å²) in [6.45, 7) is 5.38. The second-order valence-corrected chi connectivity index (χ2v) is 7.92. The zero-order valence-corrected chi connectivity index (χ0v) is 14.2. The zero-order valence-electron chi connectivity index (χ0n) is 12.6. The first-order chi connectivity index (χ1) is 10.1. The lowest BCUT2D eigenvalue weighted by Crippen LogP contribution is -2.28. The van der Waals surface area contributed by atoms with Crippen LogP contribution in [0.1, 0.15) is 44.7 Å². The molecule has 0 unspecified atom stereocenters. The molecular weight excluding hydrogens is 300 g/mol. The molecule has 0 spiro atoms. The Kier molecular flexibility index (Phi) is 4.17. The van der Waals surface area contributed by atoms with Gasteiger partial charge in [0.1, 0.15) is 15.8 Å². The van der Waals surface area contributed by atoms with Crippen LogP contribution in [0.3, 0.4) is 0 Å². The van der Waals surface area contributed by atoms with Crippen molar-refractivity contribution in [3.05, 3.63) is 11.1 Å². The Morgan fingerprint density at radius 1 is 1.33 bits per heavy atom. The molecule has 0 amide bonds. The molecule has 0 bridgehead atoms. The van der Waals surface area contributed by atoms with Crippen LogP contribution in [0.5, 0.6) is 0 Å². The Morgan fingerprint density at radius 3 is 2.76 bits per heavy atom. The van der Waals surface area contributed by atoms with Gasteiger partial charge in [-0.2, -0.15) is 4.37 Å². The van der Waals surface area contributed by atoms with Crippen LogP contribution in [0.25, 0.3) is 10.6 Å². The number of nitrogens with two attached hydrogens (primary N) is 1. The molecule has 3 rings (SSSR count). The molecule has 4 nitrogen and oxygen atoms in total. The minimum absolute atomic E-state index is 0.396. The summed E-state index contributed by atoms with van der Waals surface area (Å²) in [7, 11) is 0. The van der Waals surface area contributed by atoms with Crippen molar-refractivity contribution >= 4 is 33.7 Å². The van der Waals surface area contributed by atoms with Crippen LogP contribution in [-0.2, 0) is 0 Å². The standard InChI is InChI=1S/C15H22N4S2/c1-10-8-20-14(18-10)11-12(16)19-21-13(11)17-9-15(2)6-4-3-5-7-15/h8,17H,3-7,9H2,1-2H3,(H2,16,19). The van der Waals surface area contributed by atoms with Gasteiger partial charge >= 0.3 is 0 Å². The molecule has 0 aromatic carbocycles. The molecule has 0 aliphatic heterocycles. The predicted molar refractivity (Wildman–Crippen MR) is 92.1 cm³/mol. The molecule has 2 aromatic heterocycles. The monoisotopic (exact) mass is 322 g/mol. The van der Waals surface area contributed by atoms with Gasteiger partial charge in [-0.25, -0.2) is 4.98 Å². The molecule has 0 atom stereocenters. The highest BCUT2D eigenvalue weighted by molar-refractivity contribution is 7.15. The molecule has 114 valence electrons. The Balaban J connectivity index is 1.77. The van der Waals surface area contributed by atoms with Gasteiger partial charge in [0.05, 0.1) is 5.56 Å².